The number of hydrogen-bond donors (Lipinski definition) is 1. The molecule has 4 heteroatoms. The molecule has 0 heterocycles. The summed E-state index contributed by atoms with van der Waals surface area (Å²) in [5, 5.41) is 0. The first-order valence-electron chi connectivity index (χ1n) is 4.39. The van der Waals surface area contributed by atoms with Gasteiger partial charge in [0.15, 0.2) is 11.6 Å². The van der Waals surface area contributed by atoms with Gasteiger partial charge in [0.1, 0.15) is 0 Å². The van der Waals surface area contributed by atoms with Gasteiger partial charge in [0.25, 0.3) is 0 Å². The van der Waals surface area contributed by atoms with E-state index in [0.29, 0.717) is 11.5 Å². The van der Waals surface area contributed by atoms with Gasteiger partial charge in [-0.25, -0.2) is 8.78 Å². The lowest BCUT2D eigenvalue weighted by molar-refractivity contribution is 0.480. The van der Waals surface area contributed by atoms with Crippen molar-refractivity contribution < 1.29 is 8.78 Å². The molecule has 1 atom stereocenters. The van der Waals surface area contributed by atoms with Gasteiger partial charge < -0.3 is 5.73 Å². The molecule has 14 heavy (non-hydrogen) atoms. The van der Waals surface area contributed by atoms with Crippen LogP contribution < -0.4 is 5.73 Å². The largest absolute Gasteiger partial charge is 0.324 e. The zero-order valence-corrected chi connectivity index (χ0v) is 8.36. The topological polar surface area (TPSA) is 26.0 Å². The number of benzene rings is 1. The number of rotatable bonds is 2. The van der Waals surface area contributed by atoms with E-state index in [-0.39, 0.29) is 18.4 Å². The standard InChI is InChI=1S/C10H11F2N.ClH/c11-8-3-1-2-7(9(8)12)10(13)6-4-5-6;/h1-3,6,10H,4-5,13H2;1H. The van der Waals surface area contributed by atoms with Crippen molar-refractivity contribution in [1.29, 1.82) is 0 Å². The van der Waals surface area contributed by atoms with E-state index in [1.54, 1.807) is 6.07 Å². The average Bonchev–Trinajstić information content (AvgIpc) is 2.91. The molecule has 1 saturated carbocycles. The normalized spacial score (nSPS) is 17.4. The van der Waals surface area contributed by atoms with Crippen LogP contribution in [0.2, 0.25) is 0 Å². The number of nitrogens with two attached hydrogens (primary N) is 1. The highest BCUT2D eigenvalue weighted by Gasteiger charge is 2.31. The van der Waals surface area contributed by atoms with Gasteiger partial charge in [-0.2, -0.15) is 0 Å². The van der Waals surface area contributed by atoms with Crippen LogP contribution in [0.3, 0.4) is 0 Å². The molecule has 0 amide bonds. The summed E-state index contributed by atoms with van der Waals surface area (Å²) in [6, 6.07) is 3.83. The van der Waals surface area contributed by atoms with Gasteiger partial charge in [0.05, 0.1) is 0 Å². The van der Waals surface area contributed by atoms with Crippen LogP contribution in [0.15, 0.2) is 18.2 Å². The fourth-order valence-electron chi connectivity index (χ4n) is 1.49. The molecule has 1 aromatic carbocycles. The summed E-state index contributed by atoms with van der Waals surface area (Å²) in [6.07, 6.45) is 2.05. The molecule has 1 aliphatic rings. The van der Waals surface area contributed by atoms with Crippen LogP contribution in [0, 0.1) is 17.6 Å². The minimum Gasteiger partial charge on any atom is -0.324 e. The van der Waals surface area contributed by atoms with Crippen molar-refractivity contribution in [2.75, 3.05) is 0 Å². The Hall–Kier alpha value is -0.670. The van der Waals surface area contributed by atoms with Crippen LogP contribution in [0.4, 0.5) is 8.78 Å². The van der Waals surface area contributed by atoms with Crippen LogP contribution >= 0.6 is 12.4 Å². The highest BCUT2D eigenvalue weighted by atomic mass is 35.5. The fraction of sp³-hybridized carbons (Fsp3) is 0.400. The van der Waals surface area contributed by atoms with Crippen molar-refractivity contribution in [3.05, 3.63) is 35.4 Å². The molecule has 0 aromatic heterocycles. The summed E-state index contributed by atoms with van der Waals surface area (Å²) >= 11 is 0. The zero-order chi connectivity index (χ0) is 9.42. The van der Waals surface area contributed by atoms with E-state index >= 15 is 0 Å². The molecule has 1 aromatic rings. The quantitative estimate of drug-likeness (QED) is 0.813. The lowest BCUT2D eigenvalue weighted by Crippen LogP contribution is -2.14. The van der Waals surface area contributed by atoms with Crippen LogP contribution in [-0.4, -0.2) is 0 Å². The van der Waals surface area contributed by atoms with E-state index in [1.807, 2.05) is 0 Å². The van der Waals surface area contributed by atoms with Crippen molar-refractivity contribution in [3.63, 3.8) is 0 Å². The summed E-state index contributed by atoms with van der Waals surface area (Å²) in [5.74, 6) is -1.26. The smallest absolute Gasteiger partial charge is 0.163 e. The summed E-state index contributed by atoms with van der Waals surface area (Å²) in [5.41, 5.74) is 6.07. The molecule has 2 N–H and O–H groups in total. The minimum atomic E-state index is -0.811. The summed E-state index contributed by atoms with van der Waals surface area (Å²) in [7, 11) is 0. The minimum absolute atomic E-state index is 0. The van der Waals surface area contributed by atoms with Gasteiger partial charge in [-0.1, -0.05) is 12.1 Å². The maximum absolute atomic E-state index is 13.2. The second-order valence-electron chi connectivity index (χ2n) is 3.51. The maximum Gasteiger partial charge on any atom is 0.163 e. The Morgan fingerprint density at radius 1 is 1.29 bits per heavy atom. The first-order chi connectivity index (χ1) is 6.20. The van der Waals surface area contributed by atoms with E-state index in [9.17, 15) is 8.78 Å². The zero-order valence-electron chi connectivity index (χ0n) is 7.54. The van der Waals surface area contributed by atoms with Crippen molar-refractivity contribution in [1.82, 2.24) is 0 Å². The van der Waals surface area contributed by atoms with Crippen molar-refractivity contribution in [3.8, 4) is 0 Å². The molecule has 1 fully saturated rings. The summed E-state index contributed by atoms with van der Waals surface area (Å²) in [6.45, 7) is 0. The monoisotopic (exact) mass is 219 g/mol. The molecular weight excluding hydrogens is 208 g/mol. The molecule has 0 spiro atoms. The Balaban J connectivity index is 0.000000980. The van der Waals surface area contributed by atoms with E-state index in [0.717, 1.165) is 18.9 Å². The highest BCUT2D eigenvalue weighted by Crippen LogP contribution is 2.40. The van der Waals surface area contributed by atoms with E-state index in [1.165, 1.54) is 6.07 Å². The Bertz CT molecular complexity index is 326. The molecule has 2 rings (SSSR count). The highest BCUT2D eigenvalue weighted by molar-refractivity contribution is 5.85. The summed E-state index contributed by atoms with van der Waals surface area (Å²) in [4.78, 5) is 0. The first-order valence-corrected chi connectivity index (χ1v) is 4.39. The van der Waals surface area contributed by atoms with Crippen molar-refractivity contribution in [2.45, 2.75) is 18.9 Å². The van der Waals surface area contributed by atoms with Crippen LogP contribution in [0.25, 0.3) is 0 Å². The molecule has 1 aliphatic carbocycles. The third kappa shape index (κ3) is 2.04. The molecule has 0 aliphatic heterocycles. The third-order valence-electron chi connectivity index (χ3n) is 2.47. The van der Waals surface area contributed by atoms with Crippen molar-refractivity contribution in [2.24, 2.45) is 11.7 Å². The number of hydrogen-bond acceptors (Lipinski definition) is 1. The van der Waals surface area contributed by atoms with Gasteiger partial charge in [-0.15, -0.1) is 12.4 Å². The maximum atomic E-state index is 13.2. The van der Waals surface area contributed by atoms with E-state index in [4.69, 9.17) is 5.73 Å². The predicted octanol–water partition coefficient (Wildman–Crippen LogP) is 2.80. The number of halogens is 3. The van der Waals surface area contributed by atoms with Gasteiger partial charge in [0, 0.05) is 11.6 Å². The third-order valence-corrected chi connectivity index (χ3v) is 2.47. The molecule has 0 saturated heterocycles. The molecule has 78 valence electrons. The fourth-order valence-corrected chi connectivity index (χ4v) is 1.49. The van der Waals surface area contributed by atoms with Gasteiger partial charge in [0.2, 0.25) is 0 Å². The lowest BCUT2D eigenvalue weighted by atomic mass is 10.0. The van der Waals surface area contributed by atoms with Crippen LogP contribution in [0.5, 0.6) is 0 Å². The van der Waals surface area contributed by atoms with Gasteiger partial charge in [-0.05, 0) is 24.8 Å². The van der Waals surface area contributed by atoms with Gasteiger partial charge in [-0.3, -0.25) is 0 Å². The van der Waals surface area contributed by atoms with Crippen LogP contribution in [-0.2, 0) is 0 Å². The Morgan fingerprint density at radius 2 is 1.93 bits per heavy atom. The lowest BCUT2D eigenvalue weighted by Gasteiger charge is -2.11. The predicted molar refractivity (Wildman–Crippen MR) is 53.3 cm³/mol. The van der Waals surface area contributed by atoms with E-state index < -0.39 is 11.6 Å². The molecule has 1 unspecified atom stereocenters. The molecule has 0 bridgehead atoms. The Labute approximate surface area is 87.7 Å². The van der Waals surface area contributed by atoms with Crippen molar-refractivity contribution >= 4 is 12.4 Å². The second-order valence-corrected chi connectivity index (χ2v) is 3.51. The van der Waals surface area contributed by atoms with Gasteiger partial charge >= 0.3 is 0 Å². The van der Waals surface area contributed by atoms with Crippen LogP contribution in [0.1, 0.15) is 24.4 Å². The first kappa shape index (κ1) is 11.4. The SMILES string of the molecule is Cl.NC(c1cccc(F)c1F)C1CC1. The Morgan fingerprint density at radius 3 is 2.50 bits per heavy atom. The molecule has 0 radical (unpaired) electrons. The average molecular weight is 220 g/mol. The molecule has 1 nitrogen and oxygen atoms in total. The Kier molecular flexibility index (Phi) is 3.45. The summed E-state index contributed by atoms with van der Waals surface area (Å²) < 4.78 is 26.0. The van der Waals surface area contributed by atoms with E-state index in [2.05, 4.69) is 0 Å². The molecular formula is C10H12ClF2N. The second kappa shape index (κ2) is 4.24.